The molecule has 0 saturated carbocycles. The normalized spacial score (nSPS) is 13.9. The van der Waals surface area contributed by atoms with Gasteiger partial charge >= 0.3 is 0 Å². The smallest absolute Gasteiger partial charge is 0.251 e. The van der Waals surface area contributed by atoms with Crippen LogP contribution in [-0.4, -0.2) is 59.3 Å². The fourth-order valence-corrected chi connectivity index (χ4v) is 4.34. The first-order valence-electron chi connectivity index (χ1n) is 11.7. The number of carbonyl (C=O) groups is 1. The van der Waals surface area contributed by atoms with E-state index in [2.05, 4.69) is 32.5 Å². The molecular formula is C26H29FN6O3S. The Hall–Kier alpha value is -3.70. The monoisotopic (exact) mass is 524 g/mol. The number of hydrogen-bond acceptors (Lipinski definition) is 7. The second-order valence-corrected chi connectivity index (χ2v) is 8.77. The van der Waals surface area contributed by atoms with Crippen LogP contribution in [-0.2, 0) is 4.74 Å². The molecule has 194 valence electrons. The molecular weight excluding hydrogens is 495 g/mol. The number of ether oxygens (including phenoxy) is 2. The zero-order valence-corrected chi connectivity index (χ0v) is 21.8. The van der Waals surface area contributed by atoms with Gasteiger partial charge in [0.05, 0.1) is 38.3 Å². The zero-order chi connectivity index (χ0) is 25.2. The number of pyridine rings is 1. The molecule has 0 aliphatic carbocycles. The Labute approximate surface area is 220 Å². The molecule has 1 aromatic carbocycles. The molecule has 5 rings (SSSR count). The molecule has 4 aromatic rings. The summed E-state index contributed by atoms with van der Waals surface area (Å²) >= 11 is 0. The van der Waals surface area contributed by atoms with Crippen LogP contribution in [0.3, 0.4) is 0 Å². The quantitative estimate of drug-likeness (QED) is 0.360. The van der Waals surface area contributed by atoms with Gasteiger partial charge in [0, 0.05) is 48.3 Å². The van der Waals surface area contributed by atoms with Crippen molar-refractivity contribution < 1.29 is 18.7 Å². The van der Waals surface area contributed by atoms with Crippen molar-refractivity contribution in [1.29, 1.82) is 0 Å². The predicted molar refractivity (Wildman–Crippen MR) is 144 cm³/mol. The maximum Gasteiger partial charge on any atom is 0.251 e. The average Bonchev–Trinajstić information content (AvgIpc) is 3.23. The molecule has 1 saturated heterocycles. The van der Waals surface area contributed by atoms with Gasteiger partial charge in [0.15, 0.2) is 0 Å². The number of fused-ring (bicyclic) bond motifs is 1. The van der Waals surface area contributed by atoms with E-state index in [0.717, 1.165) is 11.1 Å². The number of methoxy groups -OCH3 is 1. The molecule has 11 heteroatoms. The highest BCUT2D eigenvalue weighted by atomic mass is 32.1. The summed E-state index contributed by atoms with van der Waals surface area (Å²) in [6.45, 7) is 3.84. The molecule has 0 bridgehead atoms. The van der Waals surface area contributed by atoms with E-state index in [0.29, 0.717) is 53.6 Å². The van der Waals surface area contributed by atoms with E-state index in [9.17, 15) is 9.18 Å². The summed E-state index contributed by atoms with van der Waals surface area (Å²) in [5, 5.41) is 6.68. The molecule has 0 unspecified atom stereocenters. The molecule has 3 aromatic heterocycles. The zero-order valence-electron chi connectivity index (χ0n) is 20.8. The number of amides is 1. The fraction of sp³-hybridized carbons (Fsp3) is 0.308. The second-order valence-electron chi connectivity index (χ2n) is 8.77. The van der Waals surface area contributed by atoms with Crippen LogP contribution in [0.15, 0.2) is 49.1 Å². The van der Waals surface area contributed by atoms with Crippen molar-refractivity contribution in [3.8, 4) is 17.0 Å². The lowest BCUT2D eigenvalue weighted by Crippen LogP contribution is -2.30. The number of anilines is 1. The fourth-order valence-electron chi connectivity index (χ4n) is 4.34. The summed E-state index contributed by atoms with van der Waals surface area (Å²) in [5.41, 5.74) is 3.67. The van der Waals surface area contributed by atoms with Gasteiger partial charge < -0.3 is 24.7 Å². The molecule has 4 heterocycles. The molecule has 0 spiro atoms. The maximum absolute atomic E-state index is 14.1. The summed E-state index contributed by atoms with van der Waals surface area (Å²) in [6, 6.07) is 8.93. The first-order chi connectivity index (χ1) is 17.5. The maximum atomic E-state index is 14.1. The third kappa shape index (κ3) is 5.23. The molecule has 1 amide bonds. The Bertz CT molecular complexity index is 1420. The number of aromatic nitrogens is 4. The summed E-state index contributed by atoms with van der Waals surface area (Å²) < 4.78 is 27.0. The summed E-state index contributed by atoms with van der Waals surface area (Å²) in [7, 11) is 3.19. The van der Waals surface area contributed by atoms with E-state index in [-0.39, 0.29) is 31.4 Å². The Balaban J connectivity index is 0.00000320. The minimum Gasteiger partial charge on any atom is -0.496 e. The Morgan fingerprint density at radius 2 is 2.05 bits per heavy atom. The van der Waals surface area contributed by atoms with E-state index >= 15 is 0 Å². The molecule has 2 N–H and O–H groups in total. The lowest BCUT2D eigenvalue weighted by molar-refractivity contribution is -0.0215. The highest BCUT2D eigenvalue weighted by Gasteiger charge is 2.25. The molecule has 0 radical (unpaired) electrons. The van der Waals surface area contributed by atoms with Crippen molar-refractivity contribution in [2.45, 2.75) is 18.9 Å². The molecule has 1 aliphatic rings. The van der Waals surface area contributed by atoms with Gasteiger partial charge in [-0.05, 0) is 23.8 Å². The molecule has 1 fully saturated rings. The van der Waals surface area contributed by atoms with Crippen molar-refractivity contribution in [1.82, 2.24) is 24.8 Å². The van der Waals surface area contributed by atoms with Gasteiger partial charge in [-0.25, -0.2) is 19.3 Å². The van der Waals surface area contributed by atoms with Crippen LogP contribution in [0, 0.1) is 5.82 Å². The van der Waals surface area contributed by atoms with Crippen LogP contribution in [0.5, 0.6) is 5.75 Å². The average molecular weight is 525 g/mol. The summed E-state index contributed by atoms with van der Waals surface area (Å²) in [4.78, 5) is 25.1. The molecule has 1 atom stereocenters. The SMILES string of the molecule is CNC(=O)c1ccc([C@H](C)CNc2cc(-c3cn(C4COC4)c4ncc(F)cc34)ncn2)c(OC)c1.S. The van der Waals surface area contributed by atoms with Crippen LogP contribution in [0.4, 0.5) is 10.2 Å². The van der Waals surface area contributed by atoms with Crippen LogP contribution in [0.2, 0.25) is 0 Å². The minimum absolute atomic E-state index is 0. The Kier molecular flexibility index (Phi) is 7.94. The van der Waals surface area contributed by atoms with Gasteiger partial charge in [0.25, 0.3) is 5.91 Å². The van der Waals surface area contributed by atoms with Gasteiger partial charge in [0.2, 0.25) is 0 Å². The Morgan fingerprint density at radius 1 is 1.24 bits per heavy atom. The number of hydrogen-bond donors (Lipinski definition) is 2. The van der Waals surface area contributed by atoms with Crippen LogP contribution in [0.1, 0.15) is 34.8 Å². The van der Waals surface area contributed by atoms with Gasteiger partial charge in [-0.3, -0.25) is 4.79 Å². The standard InChI is InChI=1S/C26H27FN6O3.H2S/c1-15(19-5-4-16(26(34)28-2)6-23(19)35-3)9-29-24-8-22(31-14-32-24)21-11-33(18-12-36-13-18)25-20(21)7-17(27)10-30-25;/h4-8,10-11,14-15,18H,9,12-13H2,1-3H3,(H,28,34)(H,29,31,32);1H2/t15-;/m1./s1. The Morgan fingerprint density at radius 3 is 2.76 bits per heavy atom. The van der Waals surface area contributed by atoms with Crippen molar-refractivity contribution in [3.63, 3.8) is 0 Å². The summed E-state index contributed by atoms with van der Waals surface area (Å²) in [6.07, 6.45) is 4.67. The number of benzene rings is 1. The molecule has 9 nitrogen and oxygen atoms in total. The van der Waals surface area contributed by atoms with Gasteiger partial charge in [-0.15, -0.1) is 0 Å². The highest BCUT2D eigenvalue weighted by Crippen LogP contribution is 2.34. The number of nitrogens with one attached hydrogen (secondary N) is 2. The third-order valence-corrected chi connectivity index (χ3v) is 6.44. The first-order valence-corrected chi connectivity index (χ1v) is 11.7. The van der Waals surface area contributed by atoms with Crippen molar-refractivity contribution >= 4 is 36.3 Å². The van der Waals surface area contributed by atoms with Crippen molar-refractivity contribution in [3.05, 3.63) is 66.0 Å². The van der Waals surface area contributed by atoms with Gasteiger partial charge in [-0.2, -0.15) is 13.5 Å². The number of carbonyl (C=O) groups excluding carboxylic acids is 1. The molecule has 1 aliphatic heterocycles. The van der Waals surface area contributed by atoms with E-state index in [1.807, 2.05) is 22.9 Å². The molecule has 37 heavy (non-hydrogen) atoms. The lowest BCUT2D eigenvalue weighted by Gasteiger charge is -2.27. The second kappa shape index (κ2) is 11.1. The minimum atomic E-state index is -0.399. The third-order valence-electron chi connectivity index (χ3n) is 6.44. The number of nitrogens with zero attached hydrogens (tertiary/aromatic N) is 4. The highest BCUT2D eigenvalue weighted by molar-refractivity contribution is 7.59. The number of halogens is 1. The van der Waals surface area contributed by atoms with E-state index in [1.54, 1.807) is 26.3 Å². The van der Waals surface area contributed by atoms with Crippen LogP contribution in [0.25, 0.3) is 22.3 Å². The van der Waals surface area contributed by atoms with Gasteiger partial charge in [-0.1, -0.05) is 13.0 Å². The van der Waals surface area contributed by atoms with E-state index in [4.69, 9.17) is 9.47 Å². The topological polar surface area (TPSA) is 103 Å². The first kappa shape index (κ1) is 26.4. The predicted octanol–water partition coefficient (Wildman–Crippen LogP) is 3.90. The largest absolute Gasteiger partial charge is 0.496 e. The van der Waals surface area contributed by atoms with Crippen LogP contribution < -0.4 is 15.4 Å². The van der Waals surface area contributed by atoms with E-state index < -0.39 is 5.82 Å². The lowest BCUT2D eigenvalue weighted by atomic mass is 9.98. The summed E-state index contributed by atoms with van der Waals surface area (Å²) in [5.74, 6) is 0.793. The van der Waals surface area contributed by atoms with Crippen molar-refractivity contribution in [2.75, 3.05) is 39.2 Å². The van der Waals surface area contributed by atoms with Gasteiger partial charge in [0.1, 0.15) is 29.4 Å². The van der Waals surface area contributed by atoms with Crippen LogP contribution >= 0.6 is 13.5 Å². The van der Waals surface area contributed by atoms with E-state index in [1.165, 1.54) is 18.6 Å². The number of rotatable bonds is 8. The van der Waals surface area contributed by atoms with Crippen molar-refractivity contribution in [2.24, 2.45) is 0 Å².